The molecule has 0 unspecified atom stereocenters. The molecule has 1 aromatic carbocycles. The molecule has 1 saturated heterocycles. The summed E-state index contributed by atoms with van der Waals surface area (Å²) in [4.78, 5) is 0. The molecular weight excluding hydrogens is 222 g/mol. The lowest BCUT2D eigenvalue weighted by Crippen LogP contribution is -2.25. The predicted octanol–water partition coefficient (Wildman–Crippen LogP) is 3.38. The third-order valence-corrected chi connectivity index (χ3v) is 2.81. The molecule has 1 nitrogen and oxygen atoms in total. The van der Waals surface area contributed by atoms with Crippen molar-refractivity contribution < 1.29 is 13.5 Å². The molecule has 0 saturated carbocycles. The normalized spacial score (nSPS) is 17.6. The molecule has 1 fully saturated rings. The van der Waals surface area contributed by atoms with Crippen molar-refractivity contribution in [2.45, 2.75) is 11.8 Å². The zero-order chi connectivity index (χ0) is 11.1. The van der Waals surface area contributed by atoms with Crippen molar-refractivity contribution in [2.24, 2.45) is 0 Å². The first-order valence-electron chi connectivity index (χ1n) is 4.59. The van der Waals surface area contributed by atoms with E-state index >= 15 is 0 Å². The lowest BCUT2D eigenvalue weighted by Gasteiger charge is -2.27. The van der Waals surface area contributed by atoms with E-state index in [1.54, 1.807) is 12.1 Å². The van der Waals surface area contributed by atoms with Crippen LogP contribution in [0, 0.1) is 6.92 Å². The van der Waals surface area contributed by atoms with Gasteiger partial charge in [-0.15, -0.1) is 0 Å². The van der Waals surface area contributed by atoms with Gasteiger partial charge in [0.25, 0.3) is 5.92 Å². The van der Waals surface area contributed by atoms with E-state index in [2.05, 4.69) is 6.92 Å². The van der Waals surface area contributed by atoms with Crippen LogP contribution in [0.15, 0.2) is 18.2 Å². The molecule has 2 rings (SSSR count). The maximum absolute atomic E-state index is 12.9. The maximum Gasteiger partial charge on any atom is 0.274 e. The quantitative estimate of drug-likeness (QED) is 0.758. The molecule has 0 bridgehead atoms. The standard InChI is InChI=1S/C11H10ClF2O/c1-11(13,14)9-3-2-7(4-10(9)12)8-5-15-6-8/h2-4,8H,1,5-6H2. The molecule has 0 aliphatic carbocycles. The van der Waals surface area contributed by atoms with Crippen LogP contribution in [0.3, 0.4) is 0 Å². The minimum absolute atomic E-state index is 0.0689. The Morgan fingerprint density at radius 3 is 2.47 bits per heavy atom. The van der Waals surface area contributed by atoms with Gasteiger partial charge in [-0.25, -0.2) is 8.78 Å². The molecule has 4 heteroatoms. The molecule has 1 radical (unpaired) electrons. The highest BCUT2D eigenvalue weighted by atomic mass is 35.5. The molecule has 1 aliphatic heterocycles. The third-order valence-electron chi connectivity index (χ3n) is 2.50. The molecule has 0 aromatic heterocycles. The van der Waals surface area contributed by atoms with Crippen molar-refractivity contribution in [2.75, 3.05) is 13.2 Å². The summed E-state index contributed by atoms with van der Waals surface area (Å²) in [5.74, 6) is -2.85. The van der Waals surface area contributed by atoms with Gasteiger partial charge < -0.3 is 4.74 Å². The van der Waals surface area contributed by atoms with Gasteiger partial charge in [-0.2, -0.15) is 0 Å². The van der Waals surface area contributed by atoms with Crippen LogP contribution in [-0.4, -0.2) is 13.2 Å². The van der Waals surface area contributed by atoms with Gasteiger partial charge in [0, 0.05) is 18.4 Å². The highest BCUT2D eigenvalue weighted by Gasteiger charge is 2.29. The van der Waals surface area contributed by atoms with Crippen LogP contribution in [0.2, 0.25) is 5.02 Å². The lowest BCUT2D eigenvalue weighted by atomic mass is 9.95. The van der Waals surface area contributed by atoms with Crippen LogP contribution >= 0.6 is 11.6 Å². The highest BCUT2D eigenvalue weighted by molar-refractivity contribution is 6.31. The van der Waals surface area contributed by atoms with Crippen molar-refractivity contribution in [1.82, 2.24) is 0 Å². The predicted molar refractivity (Wildman–Crippen MR) is 54.3 cm³/mol. The van der Waals surface area contributed by atoms with Gasteiger partial charge in [-0.05, 0) is 11.6 Å². The van der Waals surface area contributed by atoms with Gasteiger partial charge in [-0.3, -0.25) is 0 Å². The number of halogens is 3. The number of hydrogen-bond donors (Lipinski definition) is 0. The Morgan fingerprint density at radius 1 is 1.40 bits per heavy atom. The fourth-order valence-electron chi connectivity index (χ4n) is 1.51. The van der Waals surface area contributed by atoms with E-state index in [1.807, 2.05) is 0 Å². The Kier molecular flexibility index (Phi) is 2.69. The smallest absolute Gasteiger partial charge is 0.274 e. The van der Waals surface area contributed by atoms with Gasteiger partial charge in [0.1, 0.15) is 0 Å². The summed E-state index contributed by atoms with van der Waals surface area (Å²) in [7, 11) is 0. The summed E-state index contributed by atoms with van der Waals surface area (Å²) in [6, 6.07) is 4.57. The van der Waals surface area contributed by atoms with Crippen molar-refractivity contribution in [3.8, 4) is 0 Å². The second-order valence-electron chi connectivity index (χ2n) is 3.68. The van der Waals surface area contributed by atoms with E-state index in [0.29, 0.717) is 13.2 Å². The summed E-state index contributed by atoms with van der Waals surface area (Å²) < 4.78 is 30.9. The second-order valence-corrected chi connectivity index (χ2v) is 4.09. The molecule has 1 aliphatic rings. The van der Waals surface area contributed by atoms with Crippen molar-refractivity contribution in [1.29, 1.82) is 0 Å². The van der Waals surface area contributed by atoms with Gasteiger partial charge in [-0.1, -0.05) is 23.7 Å². The summed E-state index contributed by atoms with van der Waals surface area (Å²) in [6.07, 6.45) is 0. The number of hydrogen-bond acceptors (Lipinski definition) is 1. The Bertz CT molecular complexity index is 369. The fraction of sp³-hybridized carbons (Fsp3) is 0.364. The van der Waals surface area contributed by atoms with Crippen molar-refractivity contribution >= 4 is 11.6 Å². The third kappa shape index (κ3) is 2.13. The van der Waals surface area contributed by atoms with E-state index < -0.39 is 5.92 Å². The van der Waals surface area contributed by atoms with Gasteiger partial charge in [0.15, 0.2) is 0 Å². The molecule has 15 heavy (non-hydrogen) atoms. The zero-order valence-corrected chi connectivity index (χ0v) is 8.73. The van der Waals surface area contributed by atoms with E-state index in [9.17, 15) is 8.78 Å². The summed E-state index contributed by atoms with van der Waals surface area (Å²) in [5.41, 5.74) is 0.715. The molecule has 1 heterocycles. The molecule has 0 amide bonds. The van der Waals surface area contributed by atoms with Crippen LogP contribution in [0.4, 0.5) is 8.78 Å². The molecule has 81 valence electrons. The maximum atomic E-state index is 12.9. The summed E-state index contributed by atoms with van der Waals surface area (Å²) in [5, 5.41) is 0.0689. The van der Waals surface area contributed by atoms with Crippen LogP contribution in [-0.2, 0) is 10.7 Å². The summed E-state index contributed by atoms with van der Waals surface area (Å²) >= 11 is 5.78. The number of alkyl halides is 2. The first-order valence-corrected chi connectivity index (χ1v) is 4.97. The SMILES string of the molecule is [CH2]C(F)(F)c1ccc(C2COC2)cc1Cl. The molecule has 0 atom stereocenters. The Balaban J connectivity index is 2.30. The van der Waals surface area contributed by atoms with Gasteiger partial charge in [0.05, 0.1) is 18.2 Å². The van der Waals surface area contributed by atoms with Crippen LogP contribution in [0.5, 0.6) is 0 Å². The van der Waals surface area contributed by atoms with E-state index in [1.165, 1.54) is 6.07 Å². The summed E-state index contributed by atoms with van der Waals surface area (Å²) in [6.45, 7) is 4.04. The second kappa shape index (κ2) is 3.72. The fourth-order valence-corrected chi connectivity index (χ4v) is 1.84. The van der Waals surface area contributed by atoms with Gasteiger partial charge >= 0.3 is 0 Å². The van der Waals surface area contributed by atoms with E-state index in [4.69, 9.17) is 16.3 Å². The Labute approximate surface area is 92.0 Å². The molecular formula is C11H10ClF2O. The largest absolute Gasteiger partial charge is 0.380 e. The van der Waals surface area contributed by atoms with E-state index in [-0.39, 0.29) is 16.5 Å². The monoisotopic (exact) mass is 231 g/mol. The van der Waals surface area contributed by atoms with Gasteiger partial charge in [0.2, 0.25) is 0 Å². The lowest BCUT2D eigenvalue weighted by molar-refractivity contribution is 0.00832. The number of ether oxygens (including phenoxy) is 1. The number of rotatable bonds is 2. The minimum atomic E-state index is -3.13. The Hall–Kier alpha value is -0.670. The topological polar surface area (TPSA) is 9.23 Å². The van der Waals surface area contributed by atoms with Crippen molar-refractivity contribution in [3.63, 3.8) is 0 Å². The first kappa shape index (κ1) is 10.8. The van der Waals surface area contributed by atoms with Crippen LogP contribution in [0.25, 0.3) is 0 Å². The average Bonchev–Trinajstić information content (AvgIpc) is 1.97. The molecule has 0 spiro atoms. The van der Waals surface area contributed by atoms with Crippen LogP contribution in [0.1, 0.15) is 17.0 Å². The van der Waals surface area contributed by atoms with Crippen LogP contribution < -0.4 is 0 Å². The number of benzene rings is 1. The highest BCUT2D eigenvalue weighted by Crippen LogP contribution is 2.35. The average molecular weight is 232 g/mol. The Morgan fingerprint density at radius 2 is 2.07 bits per heavy atom. The zero-order valence-electron chi connectivity index (χ0n) is 7.97. The molecule has 0 N–H and O–H groups in total. The first-order chi connectivity index (χ1) is 6.98. The van der Waals surface area contributed by atoms with Crippen molar-refractivity contribution in [3.05, 3.63) is 41.3 Å². The van der Waals surface area contributed by atoms with E-state index in [0.717, 1.165) is 5.56 Å². The molecule has 1 aromatic rings. The minimum Gasteiger partial charge on any atom is -0.380 e.